The zero-order valence-electron chi connectivity index (χ0n) is 12.2. The molecule has 0 aromatic heterocycles. The van der Waals surface area contributed by atoms with Crippen LogP contribution in [0.4, 0.5) is 9.18 Å². The maximum Gasteiger partial charge on any atom is 0.324 e. The van der Waals surface area contributed by atoms with Gasteiger partial charge in [0.05, 0.1) is 0 Å². The number of carbonyl (C=O) groups is 2. The number of rotatable bonds is 4. The molecule has 1 saturated heterocycles. The molecule has 0 spiro atoms. The van der Waals surface area contributed by atoms with E-state index in [1.807, 2.05) is 13.8 Å². The maximum absolute atomic E-state index is 14.0. The third-order valence-corrected chi connectivity index (χ3v) is 4.48. The molecule has 0 bridgehead atoms. The van der Waals surface area contributed by atoms with E-state index in [0.29, 0.717) is 5.56 Å². The average Bonchev–Trinajstić information content (AvgIpc) is 3.16. The Morgan fingerprint density at radius 2 is 2.00 bits per heavy atom. The first-order chi connectivity index (χ1) is 9.94. The van der Waals surface area contributed by atoms with Crippen LogP contribution < -0.4 is 5.32 Å². The van der Waals surface area contributed by atoms with Gasteiger partial charge in [-0.15, -0.1) is 0 Å². The van der Waals surface area contributed by atoms with E-state index in [1.54, 1.807) is 18.2 Å². The minimum absolute atomic E-state index is 0.0510. The first-order valence-corrected chi connectivity index (χ1v) is 7.31. The summed E-state index contributed by atoms with van der Waals surface area (Å²) < 4.78 is 14.0. The van der Waals surface area contributed by atoms with Gasteiger partial charge >= 0.3 is 6.03 Å². The number of imide groups is 1. The fourth-order valence-electron chi connectivity index (χ4n) is 3.00. The van der Waals surface area contributed by atoms with Crippen LogP contribution in [0.2, 0.25) is 0 Å². The molecule has 1 aromatic carbocycles. The molecule has 2 aliphatic rings. The van der Waals surface area contributed by atoms with Crippen molar-refractivity contribution >= 4 is 11.9 Å². The lowest BCUT2D eigenvalue weighted by Crippen LogP contribution is -2.39. The van der Waals surface area contributed by atoms with Crippen LogP contribution in [-0.2, 0) is 10.2 Å². The summed E-state index contributed by atoms with van der Waals surface area (Å²) in [5.74, 6) is -0.407. The highest BCUT2D eigenvalue weighted by Crippen LogP contribution is 2.49. The summed E-state index contributed by atoms with van der Waals surface area (Å²) in [6.07, 6.45) is 1.61. The minimum Gasteiger partial charge on any atom is -0.326 e. The van der Waals surface area contributed by atoms with Crippen molar-refractivity contribution in [3.63, 3.8) is 0 Å². The number of amides is 3. The van der Waals surface area contributed by atoms with Crippen molar-refractivity contribution < 1.29 is 14.0 Å². The van der Waals surface area contributed by atoms with E-state index in [9.17, 15) is 14.0 Å². The lowest BCUT2D eigenvalue weighted by molar-refractivity contribution is -0.128. The normalized spacial score (nSPS) is 23.6. The highest BCUT2D eigenvalue weighted by molar-refractivity contribution is 6.04. The third kappa shape index (κ3) is 2.30. The SMILES string of the molecule is CC(C)[C@@H]1NC(=O)N(CC2(c3ccccc3F)CC2)C1=O. The number of hydrogen-bond acceptors (Lipinski definition) is 2. The summed E-state index contributed by atoms with van der Waals surface area (Å²) in [6.45, 7) is 4.06. The number of benzene rings is 1. The van der Waals surface area contributed by atoms with Gasteiger partial charge in [0.15, 0.2) is 0 Å². The van der Waals surface area contributed by atoms with Crippen LogP contribution in [0.25, 0.3) is 0 Å². The van der Waals surface area contributed by atoms with Crippen LogP contribution in [0.3, 0.4) is 0 Å². The molecule has 1 heterocycles. The number of nitrogens with one attached hydrogen (secondary N) is 1. The van der Waals surface area contributed by atoms with Gasteiger partial charge < -0.3 is 5.32 Å². The molecule has 0 unspecified atom stereocenters. The fraction of sp³-hybridized carbons (Fsp3) is 0.500. The van der Waals surface area contributed by atoms with Gasteiger partial charge in [0.25, 0.3) is 5.91 Å². The molecule has 21 heavy (non-hydrogen) atoms. The van der Waals surface area contributed by atoms with Crippen molar-refractivity contribution in [1.29, 1.82) is 0 Å². The molecule has 1 aliphatic heterocycles. The van der Waals surface area contributed by atoms with Gasteiger partial charge in [0.2, 0.25) is 0 Å². The van der Waals surface area contributed by atoms with Gasteiger partial charge in [0, 0.05) is 12.0 Å². The lowest BCUT2D eigenvalue weighted by atomic mass is 9.94. The number of nitrogens with zero attached hydrogens (tertiary/aromatic N) is 1. The summed E-state index contributed by atoms with van der Waals surface area (Å²) in [6, 6.07) is 5.80. The molecular formula is C16H19FN2O2. The highest BCUT2D eigenvalue weighted by Gasteiger charge is 2.51. The standard InChI is InChI=1S/C16H19FN2O2/c1-10(2)13-14(20)19(15(21)18-13)9-16(7-8-16)11-5-3-4-6-12(11)17/h3-6,10,13H,7-9H2,1-2H3,(H,18,21)/t13-/m0/s1. The first kappa shape index (κ1) is 14.0. The van der Waals surface area contributed by atoms with Crippen LogP contribution in [-0.4, -0.2) is 29.4 Å². The molecule has 3 amide bonds. The maximum atomic E-state index is 14.0. The van der Waals surface area contributed by atoms with Crippen molar-refractivity contribution in [2.45, 2.75) is 38.1 Å². The molecule has 0 radical (unpaired) electrons. The smallest absolute Gasteiger partial charge is 0.324 e. The number of hydrogen-bond donors (Lipinski definition) is 1. The highest BCUT2D eigenvalue weighted by atomic mass is 19.1. The zero-order chi connectivity index (χ0) is 15.2. The monoisotopic (exact) mass is 290 g/mol. The summed E-state index contributed by atoms with van der Waals surface area (Å²) >= 11 is 0. The number of urea groups is 1. The van der Waals surface area contributed by atoms with Gasteiger partial charge in [0.1, 0.15) is 11.9 Å². The van der Waals surface area contributed by atoms with E-state index in [4.69, 9.17) is 0 Å². The molecule has 2 fully saturated rings. The second-order valence-electron chi connectivity index (χ2n) is 6.36. The molecule has 1 saturated carbocycles. The number of halogens is 1. The molecule has 4 nitrogen and oxygen atoms in total. The van der Waals surface area contributed by atoms with Gasteiger partial charge in [-0.3, -0.25) is 9.69 Å². The molecule has 1 N–H and O–H groups in total. The van der Waals surface area contributed by atoms with Crippen LogP contribution in [0.5, 0.6) is 0 Å². The Kier molecular flexibility index (Phi) is 3.23. The van der Waals surface area contributed by atoms with E-state index in [1.165, 1.54) is 11.0 Å². The lowest BCUT2D eigenvalue weighted by Gasteiger charge is -2.22. The number of carbonyl (C=O) groups excluding carboxylic acids is 2. The summed E-state index contributed by atoms with van der Waals surface area (Å²) in [5, 5.41) is 2.71. The Bertz CT molecular complexity index is 596. The first-order valence-electron chi connectivity index (χ1n) is 7.31. The van der Waals surface area contributed by atoms with Crippen molar-refractivity contribution in [3.8, 4) is 0 Å². The largest absolute Gasteiger partial charge is 0.326 e. The third-order valence-electron chi connectivity index (χ3n) is 4.48. The molecule has 1 atom stereocenters. The van der Waals surface area contributed by atoms with Gasteiger partial charge in [-0.25, -0.2) is 9.18 Å². The molecule has 112 valence electrons. The van der Waals surface area contributed by atoms with Crippen LogP contribution >= 0.6 is 0 Å². The van der Waals surface area contributed by atoms with Crippen molar-refractivity contribution in [1.82, 2.24) is 10.2 Å². The molecule has 5 heteroatoms. The Morgan fingerprint density at radius 3 is 2.52 bits per heavy atom. The Labute approximate surface area is 123 Å². The summed E-state index contributed by atoms with van der Waals surface area (Å²) in [7, 11) is 0. The van der Waals surface area contributed by atoms with E-state index in [0.717, 1.165) is 12.8 Å². The predicted octanol–water partition coefficient (Wildman–Crippen LogP) is 2.43. The molecule has 1 aromatic rings. The van der Waals surface area contributed by atoms with Gasteiger partial charge in [-0.2, -0.15) is 0 Å². The minimum atomic E-state index is -0.464. The predicted molar refractivity (Wildman–Crippen MR) is 76.2 cm³/mol. The van der Waals surface area contributed by atoms with Crippen molar-refractivity contribution in [3.05, 3.63) is 35.6 Å². The van der Waals surface area contributed by atoms with Crippen LogP contribution in [0.1, 0.15) is 32.3 Å². The fourth-order valence-corrected chi connectivity index (χ4v) is 3.00. The molecule has 1 aliphatic carbocycles. The zero-order valence-corrected chi connectivity index (χ0v) is 12.2. The van der Waals surface area contributed by atoms with E-state index in [2.05, 4.69) is 5.32 Å². The van der Waals surface area contributed by atoms with Gasteiger partial charge in [-0.05, 0) is 30.4 Å². The second kappa shape index (κ2) is 4.83. The summed E-state index contributed by atoms with van der Waals surface area (Å²) in [5.41, 5.74) is 0.211. The van der Waals surface area contributed by atoms with Gasteiger partial charge in [-0.1, -0.05) is 32.0 Å². The van der Waals surface area contributed by atoms with E-state index >= 15 is 0 Å². The Balaban J connectivity index is 1.83. The van der Waals surface area contributed by atoms with Crippen LogP contribution in [0, 0.1) is 11.7 Å². The average molecular weight is 290 g/mol. The van der Waals surface area contributed by atoms with Crippen LogP contribution in [0.15, 0.2) is 24.3 Å². The Morgan fingerprint density at radius 1 is 1.33 bits per heavy atom. The van der Waals surface area contributed by atoms with E-state index < -0.39 is 11.5 Å². The molecular weight excluding hydrogens is 271 g/mol. The molecule has 3 rings (SSSR count). The quantitative estimate of drug-likeness (QED) is 0.866. The van der Waals surface area contributed by atoms with Crippen molar-refractivity contribution in [2.75, 3.05) is 6.54 Å². The Hall–Kier alpha value is -1.91. The van der Waals surface area contributed by atoms with E-state index in [-0.39, 0.29) is 30.2 Å². The summed E-state index contributed by atoms with van der Waals surface area (Å²) in [4.78, 5) is 25.6. The topological polar surface area (TPSA) is 49.4 Å². The second-order valence-corrected chi connectivity index (χ2v) is 6.36. The van der Waals surface area contributed by atoms with Crippen molar-refractivity contribution in [2.24, 2.45) is 5.92 Å².